The molecule has 2 rings (SSSR count). The highest BCUT2D eigenvalue weighted by atomic mass is 19.1. The molecule has 1 heterocycles. The van der Waals surface area contributed by atoms with Crippen molar-refractivity contribution in [2.75, 3.05) is 7.11 Å². The van der Waals surface area contributed by atoms with E-state index in [-0.39, 0.29) is 11.2 Å². The van der Waals surface area contributed by atoms with Gasteiger partial charge in [-0.2, -0.15) is 8.96 Å². The van der Waals surface area contributed by atoms with Crippen molar-refractivity contribution in [2.24, 2.45) is 0 Å². The van der Waals surface area contributed by atoms with Crippen LogP contribution in [-0.2, 0) is 11.3 Å². The molecule has 7 nitrogen and oxygen atoms in total. The molecule has 1 aromatic heterocycles. The Kier molecular flexibility index (Phi) is 4.17. The third kappa shape index (κ3) is 3.16. The predicted molar refractivity (Wildman–Crippen MR) is 69.9 cm³/mol. The lowest BCUT2D eigenvalue weighted by Gasteiger charge is -2.07. The molecular formula is C13H11FN2O5. The van der Waals surface area contributed by atoms with Gasteiger partial charge in [-0.1, -0.05) is 12.1 Å². The fraction of sp³-hybridized carbons (Fsp3) is 0.154. The zero-order valence-corrected chi connectivity index (χ0v) is 11.0. The van der Waals surface area contributed by atoms with Gasteiger partial charge in [0.05, 0.1) is 7.11 Å². The van der Waals surface area contributed by atoms with Gasteiger partial charge >= 0.3 is 17.3 Å². The second-order valence-corrected chi connectivity index (χ2v) is 3.99. The van der Waals surface area contributed by atoms with Gasteiger partial charge < -0.3 is 14.5 Å². The third-order valence-electron chi connectivity index (χ3n) is 2.61. The number of nitrogens with zero attached hydrogens (tertiary/aromatic N) is 1. The number of hydrogen-bond donors (Lipinski definition) is 1. The molecule has 8 heteroatoms. The molecule has 0 spiro atoms. The second-order valence-electron chi connectivity index (χ2n) is 3.99. The summed E-state index contributed by atoms with van der Waals surface area (Å²) in [7, 11) is 1.48. The second kappa shape index (κ2) is 6.04. The number of methoxy groups -OCH3 is 1. The van der Waals surface area contributed by atoms with Gasteiger partial charge in [0.25, 0.3) is 0 Å². The van der Waals surface area contributed by atoms with Crippen LogP contribution in [0.4, 0.5) is 9.18 Å². The number of carbonyl (C=O) groups excluding carboxylic acids is 1. The van der Waals surface area contributed by atoms with Crippen molar-refractivity contribution in [3.63, 3.8) is 0 Å². The van der Waals surface area contributed by atoms with Crippen LogP contribution in [0.3, 0.4) is 0 Å². The first-order valence-electron chi connectivity index (χ1n) is 5.83. The van der Waals surface area contributed by atoms with Gasteiger partial charge in [0.1, 0.15) is 12.4 Å². The van der Waals surface area contributed by atoms with Crippen LogP contribution < -0.4 is 16.0 Å². The van der Waals surface area contributed by atoms with Gasteiger partial charge in [0.15, 0.2) is 0 Å². The fourth-order valence-electron chi connectivity index (χ4n) is 1.59. The Hall–Kier alpha value is -2.90. The number of hydrogen-bond acceptors (Lipinski definition) is 5. The average Bonchev–Trinajstić information content (AvgIpc) is 2.49. The van der Waals surface area contributed by atoms with E-state index in [1.165, 1.54) is 7.11 Å². The topological polar surface area (TPSA) is 90.4 Å². The maximum atomic E-state index is 13.1. The Labute approximate surface area is 117 Å². The van der Waals surface area contributed by atoms with Crippen LogP contribution in [0.5, 0.6) is 5.75 Å². The van der Waals surface area contributed by atoms with Crippen LogP contribution in [0.1, 0.15) is 5.56 Å². The summed E-state index contributed by atoms with van der Waals surface area (Å²) >= 11 is 0. The van der Waals surface area contributed by atoms with Crippen molar-refractivity contribution in [2.45, 2.75) is 6.61 Å². The van der Waals surface area contributed by atoms with Gasteiger partial charge in [-0.15, -0.1) is 0 Å². The number of nitrogens with one attached hydrogen (secondary N) is 1. The van der Waals surface area contributed by atoms with Crippen LogP contribution in [0.2, 0.25) is 0 Å². The lowest BCUT2D eigenvalue weighted by Crippen LogP contribution is -2.41. The van der Waals surface area contributed by atoms with Crippen LogP contribution in [0, 0.1) is 5.82 Å². The van der Waals surface area contributed by atoms with Crippen molar-refractivity contribution in [3.8, 4) is 5.75 Å². The number of aromatic amines is 1. The molecule has 0 aliphatic rings. The lowest BCUT2D eigenvalue weighted by molar-refractivity contribution is 0.138. The fourth-order valence-corrected chi connectivity index (χ4v) is 1.59. The highest BCUT2D eigenvalue weighted by Gasteiger charge is 2.15. The monoisotopic (exact) mass is 294 g/mol. The molecular weight excluding hydrogens is 283 g/mol. The minimum Gasteiger partial charge on any atom is -0.497 e. The zero-order chi connectivity index (χ0) is 15.4. The summed E-state index contributed by atoms with van der Waals surface area (Å²) in [5, 5.41) is 0. The standard InChI is InChI=1S/C13H11FN2O5/c1-20-9-4-2-3-8(5-9)7-21-13(19)16-11(17)10(14)6-15-12(16)18/h2-6H,7H2,1H3,(H,15,18). The minimum atomic E-state index is -1.37. The molecule has 0 saturated carbocycles. The number of rotatable bonds is 3. The smallest absolute Gasteiger partial charge is 0.425 e. The maximum Gasteiger partial charge on any atom is 0.425 e. The van der Waals surface area contributed by atoms with Crippen LogP contribution in [0.25, 0.3) is 0 Å². The van der Waals surface area contributed by atoms with Crippen LogP contribution in [-0.4, -0.2) is 22.8 Å². The number of carbonyl (C=O) groups is 1. The first-order chi connectivity index (χ1) is 10.0. The van der Waals surface area contributed by atoms with E-state index in [2.05, 4.69) is 0 Å². The van der Waals surface area contributed by atoms with Crippen molar-refractivity contribution in [1.29, 1.82) is 0 Å². The van der Waals surface area contributed by atoms with Gasteiger partial charge in [0, 0.05) is 6.20 Å². The summed E-state index contributed by atoms with van der Waals surface area (Å²) in [6.07, 6.45) is -0.681. The van der Waals surface area contributed by atoms with E-state index < -0.39 is 23.2 Å². The normalized spacial score (nSPS) is 10.2. The average molecular weight is 294 g/mol. The largest absolute Gasteiger partial charge is 0.497 e. The van der Waals surface area contributed by atoms with Gasteiger partial charge in [-0.3, -0.25) is 4.79 Å². The zero-order valence-electron chi connectivity index (χ0n) is 11.0. The molecule has 0 aliphatic heterocycles. The summed E-state index contributed by atoms with van der Waals surface area (Å²) in [6, 6.07) is 6.66. The predicted octanol–water partition coefficient (Wildman–Crippen LogP) is 0.869. The molecule has 0 bridgehead atoms. The van der Waals surface area contributed by atoms with Crippen molar-refractivity contribution < 1.29 is 18.7 Å². The van der Waals surface area contributed by atoms with E-state index in [1.54, 1.807) is 24.3 Å². The van der Waals surface area contributed by atoms with E-state index in [1.807, 2.05) is 4.98 Å². The van der Waals surface area contributed by atoms with E-state index in [0.29, 0.717) is 17.5 Å². The van der Waals surface area contributed by atoms with E-state index in [4.69, 9.17) is 9.47 Å². The molecule has 0 unspecified atom stereocenters. The van der Waals surface area contributed by atoms with Crippen molar-refractivity contribution in [3.05, 3.63) is 62.7 Å². The molecule has 0 saturated heterocycles. The molecule has 1 N–H and O–H groups in total. The Morgan fingerprint density at radius 1 is 1.38 bits per heavy atom. The number of H-pyrrole nitrogens is 1. The Morgan fingerprint density at radius 2 is 2.14 bits per heavy atom. The van der Waals surface area contributed by atoms with Gasteiger partial charge in [0.2, 0.25) is 5.82 Å². The molecule has 21 heavy (non-hydrogen) atoms. The molecule has 2 aromatic rings. The first kappa shape index (κ1) is 14.5. The molecule has 0 aliphatic carbocycles. The summed E-state index contributed by atoms with van der Waals surface area (Å²) < 4.78 is 22.9. The highest BCUT2D eigenvalue weighted by molar-refractivity contribution is 5.69. The molecule has 0 amide bonds. The van der Waals surface area contributed by atoms with E-state index in [0.717, 1.165) is 0 Å². The maximum absolute atomic E-state index is 13.1. The Balaban J connectivity index is 2.18. The van der Waals surface area contributed by atoms with E-state index >= 15 is 0 Å². The van der Waals surface area contributed by atoms with Crippen molar-refractivity contribution >= 4 is 6.09 Å². The Bertz CT molecular complexity index is 781. The third-order valence-corrected chi connectivity index (χ3v) is 2.61. The number of ether oxygens (including phenoxy) is 2. The summed E-state index contributed by atoms with van der Waals surface area (Å²) in [5.41, 5.74) is -1.85. The summed E-state index contributed by atoms with van der Waals surface area (Å²) in [5.74, 6) is -0.697. The molecule has 0 fully saturated rings. The van der Waals surface area contributed by atoms with Crippen molar-refractivity contribution in [1.82, 2.24) is 9.55 Å². The van der Waals surface area contributed by atoms with Gasteiger partial charge in [-0.25, -0.2) is 9.59 Å². The van der Waals surface area contributed by atoms with Crippen LogP contribution >= 0.6 is 0 Å². The highest BCUT2D eigenvalue weighted by Crippen LogP contribution is 2.13. The first-order valence-corrected chi connectivity index (χ1v) is 5.83. The lowest BCUT2D eigenvalue weighted by atomic mass is 10.2. The summed E-state index contributed by atoms with van der Waals surface area (Å²) in [6.45, 7) is -0.196. The molecule has 0 radical (unpaired) electrons. The number of halogens is 1. The quantitative estimate of drug-likeness (QED) is 0.907. The minimum absolute atomic E-state index is 0.0511. The SMILES string of the molecule is COc1cccc(COC(=O)n2c(=O)[nH]cc(F)c2=O)c1. The number of aromatic nitrogens is 2. The molecule has 0 atom stereocenters. The summed E-state index contributed by atoms with van der Waals surface area (Å²) in [4.78, 5) is 36.4. The number of benzene rings is 1. The van der Waals surface area contributed by atoms with Gasteiger partial charge in [-0.05, 0) is 17.7 Å². The van der Waals surface area contributed by atoms with Crippen LogP contribution in [0.15, 0.2) is 40.1 Å². The Morgan fingerprint density at radius 3 is 2.86 bits per heavy atom. The molecule has 1 aromatic carbocycles. The molecule has 110 valence electrons. The van der Waals surface area contributed by atoms with E-state index in [9.17, 15) is 18.8 Å².